The average Bonchev–Trinajstić information content (AvgIpc) is 2.53. The Bertz CT molecular complexity index is 459. The first kappa shape index (κ1) is 16.2. The lowest BCUT2D eigenvalue weighted by molar-refractivity contribution is 0.152. The Kier molecular flexibility index (Phi) is 6.39. The zero-order valence-electron chi connectivity index (χ0n) is 13.0. The SMILES string of the molecule is CCc1cccc(NC(=O)N2CCN(CCSC)CC2)c1. The lowest BCUT2D eigenvalue weighted by Crippen LogP contribution is -2.50. The van der Waals surface area contributed by atoms with Gasteiger partial charge in [0.1, 0.15) is 0 Å². The topological polar surface area (TPSA) is 35.6 Å². The Morgan fingerprint density at radius 1 is 1.29 bits per heavy atom. The molecule has 0 aliphatic carbocycles. The third-order valence-corrected chi connectivity index (χ3v) is 4.45. The summed E-state index contributed by atoms with van der Waals surface area (Å²) in [5.41, 5.74) is 2.14. The first-order chi connectivity index (χ1) is 10.2. The molecule has 116 valence electrons. The van der Waals surface area contributed by atoms with Crippen LogP contribution in [0.1, 0.15) is 12.5 Å². The molecule has 0 saturated carbocycles. The number of piperazine rings is 1. The molecule has 0 aromatic heterocycles. The summed E-state index contributed by atoms with van der Waals surface area (Å²) in [5.74, 6) is 1.16. The molecule has 0 radical (unpaired) electrons. The Morgan fingerprint density at radius 2 is 2.05 bits per heavy atom. The van der Waals surface area contributed by atoms with Gasteiger partial charge in [-0.15, -0.1) is 0 Å². The molecule has 2 rings (SSSR count). The highest BCUT2D eigenvalue weighted by atomic mass is 32.2. The standard InChI is InChI=1S/C16H25N3OS/c1-3-14-5-4-6-15(13-14)17-16(20)19-9-7-18(8-10-19)11-12-21-2/h4-6,13H,3,7-12H2,1-2H3,(H,17,20). The number of carbonyl (C=O) groups is 1. The third kappa shape index (κ3) is 4.93. The second-order valence-electron chi connectivity index (χ2n) is 5.31. The van der Waals surface area contributed by atoms with Crippen LogP contribution in [0, 0.1) is 0 Å². The van der Waals surface area contributed by atoms with Gasteiger partial charge in [0, 0.05) is 44.2 Å². The van der Waals surface area contributed by atoms with Crippen molar-refractivity contribution in [2.24, 2.45) is 0 Å². The highest BCUT2D eigenvalue weighted by molar-refractivity contribution is 7.98. The fourth-order valence-corrected chi connectivity index (χ4v) is 2.91. The Hall–Kier alpha value is -1.20. The molecule has 5 heteroatoms. The maximum Gasteiger partial charge on any atom is 0.321 e. The van der Waals surface area contributed by atoms with E-state index in [1.54, 1.807) is 0 Å². The number of urea groups is 1. The molecule has 4 nitrogen and oxygen atoms in total. The molecule has 1 aliphatic heterocycles. The van der Waals surface area contributed by atoms with Crippen molar-refractivity contribution in [2.45, 2.75) is 13.3 Å². The number of amides is 2. The molecule has 1 aliphatic rings. The molecule has 1 heterocycles. The summed E-state index contributed by atoms with van der Waals surface area (Å²) in [6.07, 6.45) is 3.12. The number of nitrogens with zero attached hydrogens (tertiary/aromatic N) is 2. The van der Waals surface area contributed by atoms with E-state index in [9.17, 15) is 4.79 Å². The van der Waals surface area contributed by atoms with Crippen molar-refractivity contribution >= 4 is 23.5 Å². The van der Waals surface area contributed by atoms with Crippen molar-refractivity contribution in [1.29, 1.82) is 0 Å². The van der Waals surface area contributed by atoms with Crippen molar-refractivity contribution in [1.82, 2.24) is 9.80 Å². The Morgan fingerprint density at radius 3 is 2.71 bits per heavy atom. The van der Waals surface area contributed by atoms with Crippen molar-refractivity contribution in [2.75, 3.05) is 50.0 Å². The summed E-state index contributed by atoms with van der Waals surface area (Å²) in [6, 6.07) is 8.10. The van der Waals surface area contributed by atoms with Gasteiger partial charge in [-0.05, 0) is 30.4 Å². The average molecular weight is 307 g/mol. The van der Waals surface area contributed by atoms with Crippen molar-refractivity contribution in [3.05, 3.63) is 29.8 Å². The molecule has 1 saturated heterocycles. The van der Waals surface area contributed by atoms with E-state index in [-0.39, 0.29) is 6.03 Å². The number of carbonyl (C=O) groups excluding carboxylic acids is 1. The molecule has 1 aromatic carbocycles. The fourth-order valence-electron chi connectivity index (χ4n) is 2.47. The molecular weight excluding hydrogens is 282 g/mol. The van der Waals surface area contributed by atoms with Gasteiger partial charge in [-0.2, -0.15) is 11.8 Å². The van der Waals surface area contributed by atoms with E-state index in [2.05, 4.69) is 29.5 Å². The van der Waals surface area contributed by atoms with Crippen LogP contribution in [0.2, 0.25) is 0 Å². The predicted octanol–water partition coefficient (Wildman–Crippen LogP) is 2.76. The van der Waals surface area contributed by atoms with Crippen LogP contribution in [0.4, 0.5) is 10.5 Å². The van der Waals surface area contributed by atoms with Crippen LogP contribution in [-0.4, -0.2) is 60.6 Å². The normalized spacial score (nSPS) is 16.0. The Balaban J connectivity index is 1.81. The summed E-state index contributed by atoms with van der Waals surface area (Å²) in [7, 11) is 0. The van der Waals surface area contributed by atoms with Gasteiger partial charge in [-0.3, -0.25) is 4.90 Å². The Labute approximate surface area is 131 Å². The number of benzene rings is 1. The molecule has 0 bridgehead atoms. The quantitative estimate of drug-likeness (QED) is 0.908. The summed E-state index contributed by atoms with van der Waals surface area (Å²) in [6.45, 7) is 6.82. The minimum atomic E-state index is 0.0211. The number of anilines is 1. The van der Waals surface area contributed by atoms with Gasteiger partial charge < -0.3 is 10.2 Å². The first-order valence-electron chi connectivity index (χ1n) is 7.59. The van der Waals surface area contributed by atoms with Crippen LogP contribution in [0.3, 0.4) is 0 Å². The summed E-state index contributed by atoms with van der Waals surface area (Å²) < 4.78 is 0. The van der Waals surface area contributed by atoms with Crippen LogP contribution in [0.15, 0.2) is 24.3 Å². The lowest BCUT2D eigenvalue weighted by atomic mass is 10.1. The zero-order valence-corrected chi connectivity index (χ0v) is 13.8. The summed E-state index contributed by atoms with van der Waals surface area (Å²) in [5, 5.41) is 3.01. The molecule has 21 heavy (non-hydrogen) atoms. The van der Waals surface area contributed by atoms with Crippen LogP contribution in [0.25, 0.3) is 0 Å². The number of thioether (sulfide) groups is 1. The van der Waals surface area contributed by atoms with Gasteiger partial charge in [0.15, 0.2) is 0 Å². The largest absolute Gasteiger partial charge is 0.322 e. The second-order valence-corrected chi connectivity index (χ2v) is 6.29. The third-order valence-electron chi connectivity index (χ3n) is 3.86. The predicted molar refractivity (Wildman–Crippen MR) is 91.2 cm³/mol. The van der Waals surface area contributed by atoms with Gasteiger partial charge in [0.2, 0.25) is 0 Å². The van der Waals surface area contributed by atoms with Gasteiger partial charge >= 0.3 is 6.03 Å². The molecule has 0 spiro atoms. The van der Waals surface area contributed by atoms with E-state index < -0.39 is 0 Å². The van der Waals surface area contributed by atoms with Gasteiger partial charge in [0.25, 0.3) is 0 Å². The van der Waals surface area contributed by atoms with E-state index in [1.165, 1.54) is 5.56 Å². The number of rotatable bonds is 5. The second kappa shape index (κ2) is 8.29. The highest BCUT2D eigenvalue weighted by Gasteiger charge is 2.20. The fraction of sp³-hybridized carbons (Fsp3) is 0.562. The van der Waals surface area contributed by atoms with Crippen molar-refractivity contribution in [3.8, 4) is 0 Å². The minimum Gasteiger partial charge on any atom is -0.322 e. The van der Waals surface area contributed by atoms with Gasteiger partial charge in [-0.1, -0.05) is 19.1 Å². The van der Waals surface area contributed by atoms with Crippen molar-refractivity contribution in [3.63, 3.8) is 0 Å². The molecule has 0 atom stereocenters. The van der Waals surface area contributed by atoms with E-state index in [0.29, 0.717) is 0 Å². The van der Waals surface area contributed by atoms with Gasteiger partial charge in [-0.25, -0.2) is 4.79 Å². The maximum absolute atomic E-state index is 12.3. The smallest absolute Gasteiger partial charge is 0.321 e. The van der Waals surface area contributed by atoms with Crippen molar-refractivity contribution < 1.29 is 4.79 Å². The number of hydrogen-bond donors (Lipinski definition) is 1. The van der Waals surface area contributed by atoms with Crippen LogP contribution < -0.4 is 5.32 Å². The van der Waals surface area contributed by atoms with Gasteiger partial charge in [0.05, 0.1) is 0 Å². The minimum absolute atomic E-state index is 0.0211. The molecular formula is C16H25N3OS. The van der Waals surface area contributed by atoms with E-state index in [1.807, 2.05) is 34.9 Å². The first-order valence-corrected chi connectivity index (χ1v) is 8.98. The lowest BCUT2D eigenvalue weighted by Gasteiger charge is -2.34. The molecule has 2 amide bonds. The highest BCUT2D eigenvalue weighted by Crippen LogP contribution is 2.13. The summed E-state index contributed by atoms with van der Waals surface area (Å²) >= 11 is 1.87. The monoisotopic (exact) mass is 307 g/mol. The van der Waals surface area contributed by atoms with Crippen LogP contribution >= 0.6 is 11.8 Å². The van der Waals surface area contributed by atoms with E-state index in [4.69, 9.17) is 0 Å². The van der Waals surface area contributed by atoms with E-state index >= 15 is 0 Å². The molecule has 1 aromatic rings. The van der Waals surface area contributed by atoms with E-state index in [0.717, 1.165) is 50.6 Å². The number of hydrogen-bond acceptors (Lipinski definition) is 3. The summed E-state index contributed by atoms with van der Waals surface area (Å²) in [4.78, 5) is 16.6. The molecule has 0 unspecified atom stereocenters. The zero-order chi connectivity index (χ0) is 15.1. The maximum atomic E-state index is 12.3. The number of nitrogens with one attached hydrogen (secondary N) is 1. The molecule has 1 fully saturated rings. The van der Waals surface area contributed by atoms with Crippen LogP contribution in [0.5, 0.6) is 0 Å². The number of aryl methyl sites for hydroxylation is 1. The van der Waals surface area contributed by atoms with Crippen LogP contribution in [-0.2, 0) is 6.42 Å². The molecule has 1 N–H and O–H groups in total.